The second-order valence-corrected chi connectivity index (χ2v) is 6.16. The average Bonchev–Trinajstić information content (AvgIpc) is 2.61. The van der Waals surface area contributed by atoms with Crippen LogP contribution < -0.4 is 14.4 Å². The summed E-state index contributed by atoms with van der Waals surface area (Å²) in [6, 6.07) is 15.6. The van der Waals surface area contributed by atoms with Gasteiger partial charge in [0.2, 0.25) is 0 Å². The lowest BCUT2D eigenvalue weighted by molar-refractivity contribution is 0.354. The van der Waals surface area contributed by atoms with E-state index < -0.39 is 0 Å². The lowest BCUT2D eigenvalue weighted by Crippen LogP contribution is -2.36. The average molecular weight is 326 g/mol. The van der Waals surface area contributed by atoms with Gasteiger partial charge in [-0.3, -0.25) is 0 Å². The van der Waals surface area contributed by atoms with Gasteiger partial charge in [-0.1, -0.05) is 24.3 Å². The Morgan fingerprint density at radius 3 is 2.54 bits per heavy atom. The van der Waals surface area contributed by atoms with Crippen molar-refractivity contribution in [1.29, 1.82) is 0 Å². The number of hydrogen-bond donors (Lipinski definition) is 0. The molecule has 2 aromatic rings. The number of para-hydroxylation sites is 1. The summed E-state index contributed by atoms with van der Waals surface area (Å²) < 4.78 is 10.7. The van der Waals surface area contributed by atoms with Crippen molar-refractivity contribution < 1.29 is 9.47 Å². The van der Waals surface area contributed by atoms with E-state index in [1.165, 1.54) is 29.7 Å². The molecule has 0 saturated heterocycles. The van der Waals surface area contributed by atoms with E-state index in [0.717, 1.165) is 24.3 Å². The zero-order chi connectivity index (χ0) is 16.2. The first-order valence-corrected chi connectivity index (χ1v) is 8.24. The van der Waals surface area contributed by atoms with Crippen molar-refractivity contribution in [3.05, 3.63) is 61.0 Å². The number of anilines is 1. The summed E-state index contributed by atoms with van der Waals surface area (Å²) in [6.07, 6.45) is 4.61. The predicted molar refractivity (Wildman–Crippen MR) is 101 cm³/mol. The molecule has 0 aromatic heterocycles. The van der Waals surface area contributed by atoms with Crippen molar-refractivity contribution >= 4 is 5.69 Å². The summed E-state index contributed by atoms with van der Waals surface area (Å²) in [5, 5.41) is 0. The van der Waals surface area contributed by atoms with Crippen LogP contribution in [-0.4, -0.2) is 27.3 Å². The minimum absolute atomic E-state index is 0. The summed E-state index contributed by atoms with van der Waals surface area (Å²) in [5.41, 5.74) is 4.16. The number of rotatable bonds is 5. The fourth-order valence-corrected chi connectivity index (χ4v) is 3.49. The highest BCUT2D eigenvalue weighted by Crippen LogP contribution is 2.32. The quantitative estimate of drug-likeness (QED) is 0.753. The number of methoxy groups -OCH3 is 2. The highest BCUT2D eigenvalue weighted by molar-refractivity contribution is 5.55. The summed E-state index contributed by atoms with van der Waals surface area (Å²) >= 11 is 0. The monoisotopic (exact) mass is 326 g/mol. The number of benzene rings is 2. The highest BCUT2D eigenvalue weighted by Gasteiger charge is 2.22. The molecule has 0 N–H and O–H groups in total. The Morgan fingerprint density at radius 1 is 1.04 bits per heavy atom. The van der Waals surface area contributed by atoms with Crippen molar-refractivity contribution in [2.24, 2.45) is 0 Å². The molecule has 0 amide bonds. The smallest absolute Gasteiger partial charge is 0.160 e. The first-order valence-electron chi connectivity index (χ1n) is 8.24. The fourth-order valence-electron chi connectivity index (χ4n) is 3.49. The summed E-state index contributed by atoms with van der Waals surface area (Å²) in [5.74, 6) is 1.60. The molecular formula is C21H28NO2-. The Labute approximate surface area is 146 Å². The molecule has 0 bridgehead atoms. The van der Waals surface area contributed by atoms with Gasteiger partial charge in [-0.25, -0.2) is 0 Å². The van der Waals surface area contributed by atoms with Gasteiger partial charge >= 0.3 is 0 Å². The molecular weight excluding hydrogens is 298 g/mol. The van der Waals surface area contributed by atoms with Gasteiger partial charge in [0.05, 0.1) is 14.2 Å². The van der Waals surface area contributed by atoms with Gasteiger partial charge in [0.1, 0.15) is 0 Å². The van der Waals surface area contributed by atoms with Gasteiger partial charge in [0.25, 0.3) is 0 Å². The van der Waals surface area contributed by atoms with Crippen LogP contribution in [0.3, 0.4) is 0 Å². The van der Waals surface area contributed by atoms with Crippen LogP contribution in [0.1, 0.15) is 24.0 Å². The fraction of sp³-hybridized carbons (Fsp3) is 0.381. The van der Waals surface area contributed by atoms with Crippen LogP contribution in [0.25, 0.3) is 0 Å². The zero-order valence-electron chi connectivity index (χ0n) is 15.2. The van der Waals surface area contributed by atoms with Crippen LogP contribution in [-0.2, 0) is 12.8 Å². The Kier molecular flexibility index (Phi) is 6.13. The van der Waals surface area contributed by atoms with Crippen LogP contribution in [0.2, 0.25) is 0 Å². The lowest BCUT2D eigenvalue weighted by atomic mass is 9.92. The van der Waals surface area contributed by atoms with Crippen molar-refractivity contribution in [3.63, 3.8) is 0 Å². The first-order chi connectivity index (χ1) is 11.2. The van der Waals surface area contributed by atoms with Gasteiger partial charge in [-0.2, -0.15) is 0 Å². The maximum absolute atomic E-state index is 5.40. The molecule has 0 radical (unpaired) electrons. The van der Waals surface area contributed by atoms with E-state index in [9.17, 15) is 0 Å². The minimum Gasteiger partial charge on any atom is -0.493 e. The third-order valence-corrected chi connectivity index (χ3v) is 4.88. The molecule has 130 valence electrons. The Morgan fingerprint density at radius 2 is 1.79 bits per heavy atom. The maximum atomic E-state index is 5.40. The molecule has 1 unspecified atom stereocenters. The zero-order valence-corrected chi connectivity index (χ0v) is 15.2. The molecule has 24 heavy (non-hydrogen) atoms. The van der Waals surface area contributed by atoms with E-state index in [2.05, 4.69) is 48.3 Å². The molecule has 0 spiro atoms. The standard InChI is InChI=1S/C20H25NO2.CH3/c1-21-17(12-10-16-6-4-5-7-18(16)21)11-8-15-9-13-19(22-2)20(14-15)23-3;/h4-7,9,13-14,17H,8,10-12H2,1-3H3;1H3/q;-1. The molecule has 0 fully saturated rings. The summed E-state index contributed by atoms with van der Waals surface area (Å²) in [7, 11) is 5.58. The molecule has 0 aliphatic carbocycles. The van der Waals surface area contributed by atoms with Gasteiger partial charge in [0.15, 0.2) is 11.5 Å². The highest BCUT2D eigenvalue weighted by atomic mass is 16.5. The molecule has 2 aromatic carbocycles. The number of hydrogen-bond acceptors (Lipinski definition) is 3. The van der Waals surface area contributed by atoms with Crippen LogP contribution in [0, 0.1) is 7.43 Å². The van der Waals surface area contributed by atoms with E-state index in [1.807, 2.05) is 6.07 Å². The number of aryl methyl sites for hydroxylation is 2. The molecule has 3 rings (SSSR count). The molecule has 1 heterocycles. The third-order valence-electron chi connectivity index (χ3n) is 4.88. The first kappa shape index (κ1) is 18.2. The number of ether oxygens (including phenoxy) is 2. The van der Waals surface area contributed by atoms with Gasteiger partial charge in [0, 0.05) is 18.8 Å². The van der Waals surface area contributed by atoms with E-state index in [4.69, 9.17) is 9.47 Å². The van der Waals surface area contributed by atoms with Crippen molar-refractivity contribution in [2.75, 3.05) is 26.2 Å². The predicted octanol–water partition coefficient (Wildman–Crippen LogP) is 4.54. The van der Waals surface area contributed by atoms with Crippen molar-refractivity contribution in [2.45, 2.75) is 31.7 Å². The number of fused-ring (bicyclic) bond motifs is 1. The second-order valence-electron chi connectivity index (χ2n) is 6.16. The molecule has 0 saturated carbocycles. The van der Waals surface area contributed by atoms with Crippen molar-refractivity contribution in [3.8, 4) is 11.5 Å². The summed E-state index contributed by atoms with van der Waals surface area (Å²) in [6.45, 7) is 0. The van der Waals surface area contributed by atoms with Crippen LogP contribution >= 0.6 is 0 Å². The SMILES string of the molecule is COc1ccc(CCC2CCc3ccccc3N2C)cc1OC.[CH3-]. The van der Waals surface area contributed by atoms with E-state index in [0.29, 0.717) is 6.04 Å². The molecule has 3 nitrogen and oxygen atoms in total. The largest absolute Gasteiger partial charge is 0.493 e. The van der Waals surface area contributed by atoms with E-state index in [-0.39, 0.29) is 7.43 Å². The third kappa shape index (κ3) is 3.66. The lowest BCUT2D eigenvalue weighted by Gasteiger charge is -2.36. The van der Waals surface area contributed by atoms with Gasteiger partial charge < -0.3 is 21.8 Å². The van der Waals surface area contributed by atoms with Crippen LogP contribution in [0.4, 0.5) is 5.69 Å². The van der Waals surface area contributed by atoms with Crippen molar-refractivity contribution in [1.82, 2.24) is 0 Å². The van der Waals surface area contributed by atoms with E-state index >= 15 is 0 Å². The Balaban J connectivity index is 0.00000208. The number of nitrogens with zero attached hydrogens (tertiary/aromatic N) is 1. The molecule has 1 aliphatic rings. The van der Waals surface area contributed by atoms with Gasteiger partial charge in [-0.05, 0) is 55.0 Å². The van der Waals surface area contributed by atoms with Gasteiger partial charge in [-0.15, -0.1) is 0 Å². The van der Waals surface area contributed by atoms with Crippen LogP contribution in [0.15, 0.2) is 42.5 Å². The second kappa shape index (κ2) is 8.09. The molecule has 3 heteroatoms. The Hall–Kier alpha value is -2.16. The topological polar surface area (TPSA) is 21.7 Å². The van der Waals surface area contributed by atoms with Crippen LogP contribution in [0.5, 0.6) is 11.5 Å². The summed E-state index contributed by atoms with van der Waals surface area (Å²) in [4.78, 5) is 2.44. The normalized spacial score (nSPS) is 16.1. The molecule has 1 aliphatic heterocycles. The minimum atomic E-state index is 0. The Bertz CT molecular complexity index is 669. The van der Waals surface area contributed by atoms with E-state index in [1.54, 1.807) is 14.2 Å². The molecule has 1 atom stereocenters. The maximum Gasteiger partial charge on any atom is 0.160 e.